The van der Waals surface area contributed by atoms with Gasteiger partial charge >= 0.3 is 5.97 Å². The van der Waals surface area contributed by atoms with Crippen molar-refractivity contribution >= 4 is 11.7 Å². The number of benzene rings is 1. The average molecular weight is 305 g/mol. The largest absolute Gasteiger partial charge is 0.497 e. The summed E-state index contributed by atoms with van der Waals surface area (Å²) in [5.74, 6) is 0.999. The zero-order valence-electron chi connectivity index (χ0n) is 14.7. The molecule has 0 saturated carbocycles. The topological polar surface area (TPSA) is 38.8 Å². The zero-order chi connectivity index (χ0) is 16.7. The van der Waals surface area contributed by atoms with Gasteiger partial charge in [0.25, 0.3) is 0 Å². The number of anilines is 1. The lowest BCUT2D eigenvalue weighted by atomic mass is 9.77. The molecule has 0 aromatic heterocycles. The van der Waals surface area contributed by atoms with Crippen molar-refractivity contribution in [3.63, 3.8) is 0 Å². The second kappa shape index (κ2) is 5.49. The van der Waals surface area contributed by atoms with Crippen molar-refractivity contribution in [2.24, 2.45) is 0 Å². The van der Waals surface area contributed by atoms with Crippen LogP contribution >= 0.6 is 0 Å². The Morgan fingerprint density at radius 2 is 1.95 bits per heavy atom. The molecule has 0 bridgehead atoms. The molecule has 0 radical (unpaired) electrons. The van der Waals surface area contributed by atoms with Gasteiger partial charge in [0.2, 0.25) is 0 Å². The summed E-state index contributed by atoms with van der Waals surface area (Å²) in [6.45, 7) is 10.4. The maximum absolute atomic E-state index is 12.4. The first-order valence-electron chi connectivity index (χ1n) is 7.72. The van der Waals surface area contributed by atoms with E-state index in [-0.39, 0.29) is 11.5 Å². The van der Waals surface area contributed by atoms with E-state index in [1.54, 1.807) is 7.11 Å². The molecule has 0 N–H and O–H groups in total. The zero-order valence-corrected chi connectivity index (χ0v) is 14.7. The molecular weight excluding hydrogens is 278 g/mol. The van der Waals surface area contributed by atoms with Crippen LogP contribution in [0.3, 0.4) is 0 Å². The first kappa shape index (κ1) is 16.7. The maximum Gasteiger partial charge on any atom is 0.331 e. The molecule has 22 heavy (non-hydrogen) atoms. The molecule has 1 aliphatic heterocycles. The highest BCUT2D eigenvalue weighted by atomic mass is 16.5. The number of carbonyl (C=O) groups is 1. The Kier molecular flexibility index (Phi) is 4.16. The quantitative estimate of drug-likeness (QED) is 0.797. The molecule has 0 amide bonds. The van der Waals surface area contributed by atoms with Crippen molar-refractivity contribution in [3.8, 4) is 5.75 Å². The van der Waals surface area contributed by atoms with Gasteiger partial charge in [0.1, 0.15) is 11.3 Å². The van der Waals surface area contributed by atoms with Crippen LogP contribution in [0.25, 0.3) is 0 Å². The van der Waals surface area contributed by atoms with Gasteiger partial charge in [-0.2, -0.15) is 0 Å². The Labute approximate surface area is 133 Å². The summed E-state index contributed by atoms with van der Waals surface area (Å²) >= 11 is 0. The van der Waals surface area contributed by atoms with Crippen LogP contribution < -0.4 is 9.64 Å². The summed E-state index contributed by atoms with van der Waals surface area (Å²) < 4.78 is 10.4. The summed E-state index contributed by atoms with van der Waals surface area (Å²) in [6, 6.07) is 6.11. The number of nitrogens with zero attached hydrogens (tertiary/aromatic N) is 1. The molecule has 1 atom stereocenters. The van der Waals surface area contributed by atoms with E-state index in [2.05, 4.69) is 31.7 Å². The summed E-state index contributed by atoms with van der Waals surface area (Å²) in [4.78, 5) is 14.6. The Morgan fingerprint density at radius 3 is 2.50 bits per heavy atom. The smallest absolute Gasteiger partial charge is 0.331 e. The third kappa shape index (κ3) is 2.55. The molecule has 0 spiro atoms. The predicted molar refractivity (Wildman–Crippen MR) is 88.7 cm³/mol. The molecule has 1 aliphatic rings. The number of hydrogen-bond acceptors (Lipinski definition) is 4. The Bertz CT molecular complexity index is 578. The van der Waals surface area contributed by atoms with Crippen molar-refractivity contribution < 1.29 is 14.3 Å². The lowest BCUT2D eigenvalue weighted by molar-refractivity contribution is -0.146. The highest BCUT2D eigenvalue weighted by Gasteiger charge is 2.47. The van der Waals surface area contributed by atoms with Gasteiger partial charge in [-0.05, 0) is 51.7 Å². The second-order valence-corrected chi connectivity index (χ2v) is 7.23. The Hall–Kier alpha value is -1.71. The van der Waals surface area contributed by atoms with Gasteiger partial charge in [-0.15, -0.1) is 0 Å². The Morgan fingerprint density at radius 1 is 1.32 bits per heavy atom. The lowest BCUT2D eigenvalue weighted by Crippen LogP contribution is -2.62. The van der Waals surface area contributed by atoms with E-state index in [4.69, 9.17) is 9.47 Å². The maximum atomic E-state index is 12.4. The number of methoxy groups -OCH3 is 2. The predicted octanol–water partition coefficient (Wildman–Crippen LogP) is 3.74. The van der Waals surface area contributed by atoms with E-state index in [0.717, 1.165) is 17.9 Å². The van der Waals surface area contributed by atoms with Gasteiger partial charge in [0, 0.05) is 17.3 Å². The van der Waals surface area contributed by atoms with Crippen molar-refractivity contribution in [3.05, 3.63) is 23.8 Å². The van der Waals surface area contributed by atoms with Crippen molar-refractivity contribution in [2.75, 3.05) is 19.1 Å². The van der Waals surface area contributed by atoms with E-state index in [0.29, 0.717) is 5.92 Å². The first-order chi connectivity index (χ1) is 10.1. The molecule has 122 valence electrons. The van der Waals surface area contributed by atoms with E-state index >= 15 is 0 Å². The van der Waals surface area contributed by atoms with Crippen molar-refractivity contribution in [1.29, 1.82) is 0 Å². The summed E-state index contributed by atoms with van der Waals surface area (Å²) in [5.41, 5.74) is 1.39. The highest BCUT2D eigenvalue weighted by Crippen LogP contribution is 2.48. The highest BCUT2D eigenvalue weighted by molar-refractivity contribution is 5.86. The van der Waals surface area contributed by atoms with Crippen LogP contribution in [-0.4, -0.2) is 31.3 Å². The van der Waals surface area contributed by atoms with Gasteiger partial charge in [0.15, 0.2) is 0 Å². The molecule has 0 aliphatic carbocycles. The fraction of sp³-hybridized carbons (Fsp3) is 0.611. The molecule has 0 unspecified atom stereocenters. The van der Waals surface area contributed by atoms with Crippen LogP contribution in [-0.2, 0) is 9.53 Å². The minimum Gasteiger partial charge on any atom is -0.497 e. The standard InChI is InChI=1S/C18H27NO3/c1-12-11-17(2,3)19(18(4,5)16(20)22-7)15-10-13(21-6)8-9-14(12)15/h8-10,12H,11H2,1-7H3/t12-/m1/s1. The number of fused-ring (bicyclic) bond motifs is 1. The number of carbonyl (C=O) groups excluding carboxylic acids is 1. The summed E-state index contributed by atoms with van der Waals surface area (Å²) in [5, 5.41) is 0. The molecule has 1 aromatic carbocycles. The van der Waals surface area contributed by atoms with Gasteiger partial charge in [-0.1, -0.05) is 13.0 Å². The second-order valence-electron chi connectivity index (χ2n) is 7.23. The summed E-state index contributed by atoms with van der Waals surface area (Å²) in [6.07, 6.45) is 0.979. The van der Waals surface area contributed by atoms with E-state index in [1.807, 2.05) is 26.0 Å². The molecule has 4 nitrogen and oxygen atoms in total. The van der Waals surface area contributed by atoms with Crippen LogP contribution in [0.15, 0.2) is 18.2 Å². The monoisotopic (exact) mass is 305 g/mol. The van der Waals surface area contributed by atoms with Gasteiger partial charge in [-0.3, -0.25) is 0 Å². The number of ether oxygens (including phenoxy) is 2. The fourth-order valence-corrected chi connectivity index (χ4v) is 3.94. The van der Waals surface area contributed by atoms with Crippen LogP contribution in [0, 0.1) is 0 Å². The molecular formula is C18H27NO3. The third-order valence-electron chi connectivity index (χ3n) is 4.66. The van der Waals surface area contributed by atoms with Gasteiger partial charge in [0.05, 0.1) is 14.2 Å². The van der Waals surface area contributed by atoms with E-state index < -0.39 is 5.54 Å². The minimum absolute atomic E-state index is 0.156. The molecule has 0 saturated heterocycles. The molecule has 1 heterocycles. The van der Waals surface area contributed by atoms with Crippen LogP contribution in [0.5, 0.6) is 5.75 Å². The molecule has 0 fully saturated rings. The number of esters is 1. The van der Waals surface area contributed by atoms with Crippen LogP contribution in [0.2, 0.25) is 0 Å². The van der Waals surface area contributed by atoms with Gasteiger partial charge in [-0.25, -0.2) is 4.79 Å². The van der Waals surface area contributed by atoms with E-state index in [9.17, 15) is 4.79 Å². The van der Waals surface area contributed by atoms with Crippen molar-refractivity contribution in [2.45, 2.75) is 58.0 Å². The first-order valence-corrected chi connectivity index (χ1v) is 7.72. The van der Waals surface area contributed by atoms with Crippen molar-refractivity contribution in [1.82, 2.24) is 0 Å². The third-order valence-corrected chi connectivity index (χ3v) is 4.66. The SMILES string of the molecule is COC(=O)C(C)(C)N1c2cc(OC)ccc2[C@H](C)CC1(C)C. The van der Waals surface area contributed by atoms with Crippen LogP contribution in [0.1, 0.15) is 52.5 Å². The molecule has 2 rings (SSSR count). The van der Waals surface area contributed by atoms with E-state index in [1.165, 1.54) is 12.7 Å². The molecule has 4 heteroatoms. The fourth-order valence-electron chi connectivity index (χ4n) is 3.94. The number of hydrogen-bond donors (Lipinski definition) is 0. The Balaban J connectivity index is 2.66. The number of rotatable bonds is 3. The average Bonchev–Trinajstić information content (AvgIpc) is 2.44. The minimum atomic E-state index is -0.750. The normalized spacial score (nSPS) is 20.3. The lowest BCUT2D eigenvalue weighted by Gasteiger charge is -2.53. The summed E-state index contributed by atoms with van der Waals surface area (Å²) in [7, 11) is 3.10. The van der Waals surface area contributed by atoms with Gasteiger partial charge < -0.3 is 14.4 Å². The van der Waals surface area contributed by atoms with Crippen LogP contribution in [0.4, 0.5) is 5.69 Å². The molecule has 1 aromatic rings.